The van der Waals surface area contributed by atoms with Gasteiger partial charge in [0, 0.05) is 29.1 Å². The van der Waals surface area contributed by atoms with Crippen molar-refractivity contribution in [2.24, 2.45) is 5.92 Å². The highest BCUT2D eigenvalue weighted by Gasteiger charge is 2.39. The highest BCUT2D eigenvalue weighted by Crippen LogP contribution is 2.36. The maximum atomic E-state index is 12.5. The molecule has 114 valence electrons. The molecular formula is C16H20ClNO3. The standard InChI is InChI=1S/C16H20ClNO3/c1-4-5-14(19)21-16-13-8-11(17)6-7-12(13)15(20)18(16)9-10(2)3/h6-8,10,16H,4-5,9H2,1-3H3. The quantitative estimate of drug-likeness (QED) is 0.777. The van der Waals surface area contributed by atoms with Gasteiger partial charge in [-0.05, 0) is 30.5 Å². The summed E-state index contributed by atoms with van der Waals surface area (Å²) in [7, 11) is 0. The molecule has 1 aromatic rings. The third-order valence-electron chi connectivity index (χ3n) is 3.31. The van der Waals surface area contributed by atoms with Gasteiger partial charge in [0.25, 0.3) is 5.91 Å². The van der Waals surface area contributed by atoms with Crippen molar-refractivity contribution in [2.75, 3.05) is 6.54 Å². The van der Waals surface area contributed by atoms with Crippen LogP contribution in [0.15, 0.2) is 18.2 Å². The van der Waals surface area contributed by atoms with Crippen LogP contribution >= 0.6 is 11.6 Å². The number of halogens is 1. The van der Waals surface area contributed by atoms with Gasteiger partial charge in [0.1, 0.15) is 0 Å². The molecule has 0 spiro atoms. The number of fused-ring (bicyclic) bond motifs is 1. The molecule has 0 aromatic heterocycles. The molecule has 1 aromatic carbocycles. The predicted molar refractivity (Wildman–Crippen MR) is 81.1 cm³/mol. The van der Waals surface area contributed by atoms with Gasteiger partial charge in [0.15, 0.2) is 0 Å². The van der Waals surface area contributed by atoms with Gasteiger partial charge in [0.05, 0.1) is 0 Å². The van der Waals surface area contributed by atoms with Crippen molar-refractivity contribution in [3.05, 3.63) is 34.3 Å². The summed E-state index contributed by atoms with van der Waals surface area (Å²) in [5.41, 5.74) is 1.24. The van der Waals surface area contributed by atoms with Crippen LogP contribution in [0.25, 0.3) is 0 Å². The van der Waals surface area contributed by atoms with Gasteiger partial charge in [-0.1, -0.05) is 32.4 Å². The van der Waals surface area contributed by atoms with E-state index in [-0.39, 0.29) is 17.8 Å². The Morgan fingerprint density at radius 2 is 2.14 bits per heavy atom. The van der Waals surface area contributed by atoms with Gasteiger partial charge < -0.3 is 4.74 Å². The van der Waals surface area contributed by atoms with Crippen LogP contribution in [0, 0.1) is 5.92 Å². The lowest BCUT2D eigenvalue weighted by Gasteiger charge is -2.26. The molecule has 0 saturated heterocycles. The number of esters is 1. The van der Waals surface area contributed by atoms with Gasteiger partial charge in [-0.25, -0.2) is 0 Å². The molecule has 5 heteroatoms. The Balaban J connectivity index is 2.34. The molecule has 0 bridgehead atoms. The number of nitrogens with zero attached hydrogens (tertiary/aromatic N) is 1. The fraction of sp³-hybridized carbons (Fsp3) is 0.500. The zero-order chi connectivity index (χ0) is 15.6. The van der Waals surface area contributed by atoms with Crippen LogP contribution in [-0.4, -0.2) is 23.3 Å². The van der Waals surface area contributed by atoms with Gasteiger partial charge in [-0.3, -0.25) is 14.5 Å². The van der Waals surface area contributed by atoms with Crippen molar-refractivity contribution in [1.82, 2.24) is 4.90 Å². The summed E-state index contributed by atoms with van der Waals surface area (Å²) in [4.78, 5) is 25.9. The molecule has 0 radical (unpaired) electrons. The molecule has 4 nitrogen and oxygen atoms in total. The molecule has 1 amide bonds. The van der Waals surface area contributed by atoms with Crippen LogP contribution in [0.4, 0.5) is 0 Å². The normalized spacial score (nSPS) is 17.3. The minimum absolute atomic E-state index is 0.107. The highest BCUT2D eigenvalue weighted by molar-refractivity contribution is 6.30. The number of hydrogen-bond donors (Lipinski definition) is 0. The van der Waals surface area contributed by atoms with Crippen molar-refractivity contribution >= 4 is 23.5 Å². The van der Waals surface area contributed by atoms with E-state index in [0.717, 1.165) is 0 Å². The van der Waals surface area contributed by atoms with E-state index in [1.54, 1.807) is 23.1 Å². The second-order valence-corrected chi connectivity index (χ2v) is 6.11. The number of benzene rings is 1. The van der Waals surface area contributed by atoms with E-state index < -0.39 is 6.23 Å². The van der Waals surface area contributed by atoms with E-state index in [0.29, 0.717) is 35.5 Å². The minimum Gasteiger partial charge on any atom is -0.437 e. The van der Waals surface area contributed by atoms with E-state index in [9.17, 15) is 9.59 Å². The van der Waals surface area contributed by atoms with Crippen LogP contribution in [0.2, 0.25) is 5.02 Å². The largest absolute Gasteiger partial charge is 0.437 e. The number of amides is 1. The number of rotatable bonds is 5. The van der Waals surface area contributed by atoms with E-state index in [4.69, 9.17) is 16.3 Å². The average molecular weight is 310 g/mol. The van der Waals surface area contributed by atoms with Crippen molar-refractivity contribution in [2.45, 2.75) is 39.8 Å². The molecule has 21 heavy (non-hydrogen) atoms. The number of ether oxygens (including phenoxy) is 1. The first kappa shape index (κ1) is 15.8. The highest BCUT2D eigenvalue weighted by atomic mass is 35.5. The van der Waals surface area contributed by atoms with Crippen molar-refractivity contribution < 1.29 is 14.3 Å². The number of hydrogen-bond acceptors (Lipinski definition) is 3. The van der Waals surface area contributed by atoms with Crippen LogP contribution < -0.4 is 0 Å². The molecule has 1 heterocycles. The Morgan fingerprint density at radius 3 is 2.76 bits per heavy atom. The molecule has 1 aliphatic heterocycles. The third-order valence-corrected chi connectivity index (χ3v) is 3.55. The summed E-state index contributed by atoms with van der Waals surface area (Å²) in [6.07, 6.45) is 0.398. The molecular weight excluding hydrogens is 290 g/mol. The summed E-state index contributed by atoms with van der Waals surface area (Å²) < 4.78 is 5.52. The molecule has 0 aliphatic carbocycles. The number of carbonyl (C=O) groups is 2. The second kappa shape index (κ2) is 6.48. The molecule has 1 unspecified atom stereocenters. The summed E-state index contributed by atoms with van der Waals surface area (Å²) in [6, 6.07) is 5.09. The topological polar surface area (TPSA) is 46.6 Å². The van der Waals surface area contributed by atoms with Crippen LogP contribution in [-0.2, 0) is 9.53 Å². The first-order valence-electron chi connectivity index (χ1n) is 7.24. The van der Waals surface area contributed by atoms with Crippen molar-refractivity contribution in [3.63, 3.8) is 0 Å². The molecule has 2 rings (SSSR count). The Morgan fingerprint density at radius 1 is 1.43 bits per heavy atom. The summed E-state index contributed by atoms with van der Waals surface area (Å²) in [6.45, 7) is 6.50. The molecule has 0 saturated carbocycles. The molecule has 1 atom stereocenters. The van der Waals surface area contributed by atoms with E-state index in [1.165, 1.54) is 0 Å². The fourth-order valence-electron chi connectivity index (χ4n) is 2.45. The van der Waals surface area contributed by atoms with Crippen LogP contribution in [0.5, 0.6) is 0 Å². The molecule has 0 fully saturated rings. The van der Waals surface area contributed by atoms with Gasteiger partial charge in [-0.15, -0.1) is 0 Å². The molecule has 1 aliphatic rings. The number of carbonyl (C=O) groups excluding carboxylic acids is 2. The van der Waals surface area contributed by atoms with Crippen molar-refractivity contribution in [1.29, 1.82) is 0 Å². The van der Waals surface area contributed by atoms with Gasteiger partial charge in [0.2, 0.25) is 6.23 Å². The monoisotopic (exact) mass is 309 g/mol. The van der Waals surface area contributed by atoms with E-state index >= 15 is 0 Å². The first-order valence-corrected chi connectivity index (χ1v) is 7.61. The fourth-order valence-corrected chi connectivity index (χ4v) is 2.63. The SMILES string of the molecule is CCCC(=O)OC1c2cc(Cl)ccc2C(=O)N1CC(C)C. The Hall–Kier alpha value is -1.55. The predicted octanol–water partition coefficient (Wildman–Crippen LogP) is 3.79. The second-order valence-electron chi connectivity index (χ2n) is 5.68. The smallest absolute Gasteiger partial charge is 0.307 e. The summed E-state index contributed by atoms with van der Waals surface area (Å²) >= 11 is 6.02. The summed E-state index contributed by atoms with van der Waals surface area (Å²) in [5.74, 6) is -0.118. The minimum atomic E-state index is -0.660. The van der Waals surface area contributed by atoms with Gasteiger partial charge in [-0.2, -0.15) is 0 Å². The molecule has 0 N–H and O–H groups in total. The van der Waals surface area contributed by atoms with E-state index in [1.807, 2.05) is 20.8 Å². The Labute approximate surface area is 130 Å². The third kappa shape index (κ3) is 3.38. The lowest BCUT2D eigenvalue weighted by atomic mass is 10.1. The average Bonchev–Trinajstić information content (AvgIpc) is 2.64. The lowest BCUT2D eigenvalue weighted by molar-refractivity contribution is -0.157. The van der Waals surface area contributed by atoms with E-state index in [2.05, 4.69) is 0 Å². The van der Waals surface area contributed by atoms with Crippen LogP contribution in [0.3, 0.4) is 0 Å². The summed E-state index contributed by atoms with van der Waals surface area (Å²) in [5, 5.41) is 0.532. The lowest BCUT2D eigenvalue weighted by Crippen LogP contribution is -2.34. The Kier molecular flexibility index (Phi) is 4.88. The van der Waals surface area contributed by atoms with Crippen LogP contribution in [0.1, 0.15) is 55.8 Å². The maximum Gasteiger partial charge on any atom is 0.307 e. The maximum absolute atomic E-state index is 12.5. The zero-order valence-corrected chi connectivity index (χ0v) is 13.3. The van der Waals surface area contributed by atoms with Gasteiger partial charge >= 0.3 is 5.97 Å². The first-order chi connectivity index (χ1) is 9.93. The van der Waals surface area contributed by atoms with Crippen molar-refractivity contribution in [3.8, 4) is 0 Å². The Bertz CT molecular complexity index is 556. The zero-order valence-electron chi connectivity index (χ0n) is 12.6.